The maximum absolute atomic E-state index is 11.0. The van der Waals surface area contributed by atoms with Crippen molar-refractivity contribution in [2.45, 2.75) is 4.34 Å². The highest BCUT2D eigenvalue weighted by molar-refractivity contribution is 9.10. The SMILES string of the molecule is COC(=O)CSc1nnc(-c2cccc(Br)c2)s1. The van der Waals surface area contributed by atoms with Gasteiger partial charge in [-0.3, -0.25) is 4.79 Å². The van der Waals surface area contributed by atoms with Crippen LogP contribution in [-0.2, 0) is 9.53 Å². The number of benzene rings is 1. The highest BCUT2D eigenvalue weighted by atomic mass is 79.9. The van der Waals surface area contributed by atoms with Crippen LogP contribution >= 0.6 is 39.0 Å². The summed E-state index contributed by atoms with van der Waals surface area (Å²) in [5.74, 6) is -0.0110. The summed E-state index contributed by atoms with van der Waals surface area (Å²) < 4.78 is 6.33. The van der Waals surface area contributed by atoms with Crippen molar-refractivity contribution in [3.8, 4) is 10.6 Å². The van der Waals surface area contributed by atoms with Crippen LogP contribution in [0.4, 0.5) is 0 Å². The van der Waals surface area contributed by atoms with E-state index in [2.05, 4.69) is 30.9 Å². The second kappa shape index (κ2) is 6.31. The van der Waals surface area contributed by atoms with Gasteiger partial charge in [-0.25, -0.2) is 0 Å². The van der Waals surface area contributed by atoms with Crippen molar-refractivity contribution in [1.82, 2.24) is 10.2 Å². The number of carbonyl (C=O) groups excluding carboxylic acids is 1. The summed E-state index contributed by atoms with van der Waals surface area (Å²) >= 11 is 6.21. The smallest absolute Gasteiger partial charge is 0.316 e. The third-order valence-corrected chi connectivity index (χ3v) is 4.59. The number of aromatic nitrogens is 2. The summed E-state index contributed by atoms with van der Waals surface area (Å²) in [5.41, 5.74) is 1.01. The first kappa shape index (κ1) is 13.5. The van der Waals surface area contributed by atoms with E-state index in [1.54, 1.807) is 0 Å². The lowest BCUT2D eigenvalue weighted by Crippen LogP contribution is -2.02. The van der Waals surface area contributed by atoms with Gasteiger partial charge < -0.3 is 4.74 Å². The van der Waals surface area contributed by atoms with E-state index >= 15 is 0 Å². The number of esters is 1. The zero-order chi connectivity index (χ0) is 13.0. The van der Waals surface area contributed by atoms with Crippen LogP contribution in [0, 0.1) is 0 Å². The molecule has 0 spiro atoms. The molecule has 0 aliphatic rings. The van der Waals surface area contributed by atoms with Crippen molar-refractivity contribution in [3.63, 3.8) is 0 Å². The van der Waals surface area contributed by atoms with E-state index in [4.69, 9.17) is 0 Å². The van der Waals surface area contributed by atoms with Crippen molar-refractivity contribution in [2.24, 2.45) is 0 Å². The molecular formula is C11H9BrN2O2S2. The molecule has 0 N–H and O–H groups in total. The molecule has 1 aromatic carbocycles. The second-order valence-corrected chi connectivity index (χ2v) is 6.36. The summed E-state index contributed by atoms with van der Waals surface area (Å²) in [5, 5.41) is 8.98. The quantitative estimate of drug-likeness (QED) is 0.629. The molecule has 0 bridgehead atoms. The molecule has 0 amide bonds. The Morgan fingerprint density at radius 2 is 2.33 bits per heavy atom. The van der Waals surface area contributed by atoms with E-state index in [0.29, 0.717) is 0 Å². The molecule has 0 aliphatic heterocycles. The van der Waals surface area contributed by atoms with Gasteiger partial charge in [0.1, 0.15) is 5.01 Å². The first-order chi connectivity index (χ1) is 8.69. The van der Waals surface area contributed by atoms with Crippen LogP contribution in [-0.4, -0.2) is 29.0 Å². The van der Waals surface area contributed by atoms with E-state index in [-0.39, 0.29) is 11.7 Å². The topological polar surface area (TPSA) is 52.1 Å². The van der Waals surface area contributed by atoms with E-state index in [0.717, 1.165) is 19.4 Å². The van der Waals surface area contributed by atoms with Crippen molar-refractivity contribution in [1.29, 1.82) is 0 Å². The Kier molecular flexibility index (Phi) is 4.73. The molecule has 7 heteroatoms. The van der Waals surface area contributed by atoms with Gasteiger partial charge in [0.2, 0.25) is 0 Å². The monoisotopic (exact) mass is 344 g/mol. The molecule has 0 atom stereocenters. The molecule has 94 valence electrons. The molecule has 0 fully saturated rings. The number of ether oxygens (including phenoxy) is 1. The molecule has 2 aromatic rings. The Balaban J connectivity index is 2.08. The first-order valence-corrected chi connectivity index (χ1v) is 7.57. The summed E-state index contributed by atoms with van der Waals surface area (Å²) in [4.78, 5) is 11.0. The maximum atomic E-state index is 11.0. The summed E-state index contributed by atoms with van der Waals surface area (Å²) in [7, 11) is 1.37. The molecule has 0 unspecified atom stereocenters. The van der Waals surface area contributed by atoms with Gasteiger partial charge in [0.25, 0.3) is 0 Å². The van der Waals surface area contributed by atoms with Crippen molar-refractivity contribution >= 4 is 45.0 Å². The predicted octanol–water partition coefficient (Wildman–Crippen LogP) is 3.23. The van der Waals surface area contributed by atoms with Crippen LogP contribution < -0.4 is 0 Å². The van der Waals surface area contributed by atoms with Crippen LogP contribution in [0.15, 0.2) is 33.1 Å². The second-order valence-electron chi connectivity index (χ2n) is 3.25. The molecule has 0 radical (unpaired) electrons. The fourth-order valence-electron chi connectivity index (χ4n) is 1.19. The summed E-state index contributed by atoms with van der Waals surface area (Å²) in [6, 6.07) is 7.86. The molecular weight excluding hydrogens is 336 g/mol. The van der Waals surface area contributed by atoms with Crippen molar-refractivity contribution in [3.05, 3.63) is 28.7 Å². The molecule has 2 rings (SSSR count). The molecule has 0 saturated heterocycles. The number of hydrogen-bond donors (Lipinski definition) is 0. The minimum atomic E-state index is -0.265. The Labute approximate surface area is 121 Å². The number of halogens is 1. The van der Waals surface area contributed by atoms with Crippen LogP contribution in [0.25, 0.3) is 10.6 Å². The van der Waals surface area contributed by atoms with Gasteiger partial charge in [0, 0.05) is 10.0 Å². The van der Waals surface area contributed by atoms with Gasteiger partial charge in [-0.15, -0.1) is 10.2 Å². The maximum Gasteiger partial charge on any atom is 0.316 e. The molecule has 4 nitrogen and oxygen atoms in total. The number of thioether (sulfide) groups is 1. The molecule has 18 heavy (non-hydrogen) atoms. The molecule has 0 aliphatic carbocycles. The minimum Gasteiger partial charge on any atom is -0.468 e. The Morgan fingerprint density at radius 1 is 1.50 bits per heavy atom. The largest absolute Gasteiger partial charge is 0.468 e. The Bertz CT molecular complexity index is 559. The lowest BCUT2D eigenvalue weighted by atomic mass is 10.2. The van der Waals surface area contributed by atoms with Crippen LogP contribution in [0.5, 0.6) is 0 Å². The highest BCUT2D eigenvalue weighted by Crippen LogP contribution is 2.30. The molecule has 1 heterocycles. The average molecular weight is 345 g/mol. The van der Waals surface area contributed by atoms with Gasteiger partial charge >= 0.3 is 5.97 Å². The number of nitrogens with zero attached hydrogens (tertiary/aromatic N) is 2. The summed E-state index contributed by atoms with van der Waals surface area (Å²) in [6.07, 6.45) is 0. The van der Waals surface area contributed by atoms with Gasteiger partial charge in [-0.1, -0.05) is 51.2 Å². The number of rotatable bonds is 4. The van der Waals surface area contributed by atoms with Crippen molar-refractivity contribution < 1.29 is 9.53 Å². The first-order valence-electron chi connectivity index (χ1n) is 4.98. The summed E-state index contributed by atoms with van der Waals surface area (Å²) in [6.45, 7) is 0. The Hall–Kier alpha value is -0.920. The molecule has 0 saturated carbocycles. The van der Waals surface area contributed by atoms with Gasteiger partial charge in [0.15, 0.2) is 4.34 Å². The third-order valence-electron chi connectivity index (χ3n) is 2.02. The lowest BCUT2D eigenvalue weighted by Gasteiger charge is -1.95. The van der Waals surface area contributed by atoms with Crippen molar-refractivity contribution in [2.75, 3.05) is 12.9 Å². The van der Waals surface area contributed by atoms with Gasteiger partial charge in [-0.05, 0) is 12.1 Å². The number of carbonyl (C=O) groups is 1. The van der Waals surface area contributed by atoms with Crippen LogP contribution in [0.3, 0.4) is 0 Å². The van der Waals surface area contributed by atoms with E-state index in [1.165, 1.54) is 30.2 Å². The lowest BCUT2D eigenvalue weighted by molar-refractivity contribution is -0.137. The van der Waals surface area contributed by atoms with Crippen LogP contribution in [0.1, 0.15) is 0 Å². The number of hydrogen-bond acceptors (Lipinski definition) is 6. The van der Waals surface area contributed by atoms with Gasteiger partial charge in [0.05, 0.1) is 12.9 Å². The van der Waals surface area contributed by atoms with E-state index < -0.39 is 0 Å². The Morgan fingerprint density at radius 3 is 3.06 bits per heavy atom. The number of methoxy groups -OCH3 is 1. The predicted molar refractivity (Wildman–Crippen MR) is 75.8 cm³/mol. The van der Waals surface area contributed by atoms with E-state index in [9.17, 15) is 4.79 Å². The van der Waals surface area contributed by atoms with E-state index in [1.807, 2.05) is 24.3 Å². The fraction of sp³-hybridized carbons (Fsp3) is 0.182. The zero-order valence-electron chi connectivity index (χ0n) is 9.42. The van der Waals surface area contributed by atoms with Gasteiger partial charge in [-0.2, -0.15) is 0 Å². The standard InChI is InChI=1S/C11H9BrN2O2S2/c1-16-9(15)6-17-11-14-13-10(18-11)7-3-2-4-8(12)5-7/h2-5H,6H2,1H3. The minimum absolute atomic E-state index is 0.254. The van der Waals surface area contributed by atoms with Crippen LogP contribution in [0.2, 0.25) is 0 Å². The highest BCUT2D eigenvalue weighted by Gasteiger charge is 2.09. The molecule has 1 aromatic heterocycles. The fourth-order valence-corrected chi connectivity index (χ4v) is 3.27. The normalized spacial score (nSPS) is 10.3. The zero-order valence-corrected chi connectivity index (χ0v) is 12.6. The average Bonchev–Trinajstić information content (AvgIpc) is 2.84. The third kappa shape index (κ3) is 3.54.